The molecule has 0 saturated carbocycles. The fourth-order valence-electron chi connectivity index (χ4n) is 1.66. The molecule has 1 aromatic rings. The number of hydrogen-bond donors (Lipinski definition) is 3. The maximum atomic E-state index is 11.6. The minimum Gasteiger partial charge on any atom is -0.481 e. The van der Waals surface area contributed by atoms with Gasteiger partial charge in [-0.3, -0.25) is 4.79 Å². The zero-order chi connectivity index (χ0) is 15.5. The van der Waals surface area contributed by atoms with Gasteiger partial charge in [0.25, 0.3) is 0 Å². The second-order valence-corrected chi connectivity index (χ2v) is 5.30. The van der Waals surface area contributed by atoms with Crippen molar-refractivity contribution >= 4 is 23.8 Å². The van der Waals surface area contributed by atoms with E-state index < -0.39 is 11.9 Å². The van der Waals surface area contributed by atoms with Crippen molar-refractivity contribution < 1.29 is 14.7 Å². The highest BCUT2D eigenvalue weighted by molar-refractivity contribution is 7.99. The molecule has 0 radical (unpaired) electrons. The summed E-state index contributed by atoms with van der Waals surface area (Å²) in [5.41, 5.74) is 0.662. The second kappa shape index (κ2) is 9.72. The number of amides is 2. The first-order valence-corrected chi connectivity index (χ1v) is 7.61. The first-order valence-electron chi connectivity index (χ1n) is 6.45. The van der Waals surface area contributed by atoms with Crippen molar-refractivity contribution in [2.45, 2.75) is 5.92 Å². The van der Waals surface area contributed by atoms with Crippen LogP contribution in [0.25, 0.3) is 0 Å². The largest absolute Gasteiger partial charge is 0.481 e. The molecule has 0 aliphatic heterocycles. The quantitative estimate of drug-likeness (QED) is 0.502. The molecule has 0 aliphatic rings. The van der Waals surface area contributed by atoms with Crippen molar-refractivity contribution in [3.05, 3.63) is 35.9 Å². The summed E-state index contributed by atoms with van der Waals surface area (Å²) in [5, 5.41) is 14.4. The van der Waals surface area contributed by atoms with Gasteiger partial charge in [-0.1, -0.05) is 36.3 Å². The minimum atomic E-state index is -0.967. The molecule has 21 heavy (non-hydrogen) atoms. The van der Waals surface area contributed by atoms with E-state index in [1.165, 1.54) is 0 Å². The molecule has 3 N–H and O–H groups in total. The van der Waals surface area contributed by atoms with Gasteiger partial charge in [0.05, 0.1) is 11.7 Å². The number of hydrogen-bond acceptors (Lipinski definition) is 3. The number of terminal acetylenes is 1. The van der Waals surface area contributed by atoms with E-state index in [-0.39, 0.29) is 12.6 Å². The molecule has 0 fully saturated rings. The van der Waals surface area contributed by atoms with E-state index in [1.807, 2.05) is 6.07 Å². The molecule has 1 aromatic carbocycles. The third-order valence-corrected chi connectivity index (χ3v) is 3.55. The Hall–Kier alpha value is -2.13. The van der Waals surface area contributed by atoms with E-state index in [4.69, 9.17) is 6.42 Å². The lowest BCUT2D eigenvalue weighted by Crippen LogP contribution is -2.40. The lowest BCUT2D eigenvalue weighted by atomic mass is 9.99. The summed E-state index contributed by atoms with van der Waals surface area (Å²) in [6.45, 7) is 0.532. The highest BCUT2D eigenvalue weighted by atomic mass is 32.2. The molecule has 6 heteroatoms. The Morgan fingerprint density at radius 1 is 1.29 bits per heavy atom. The van der Waals surface area contributed by atoms with E-state index in [9.17, 15) is 14.7 Å². The average Bonchev–Trinajstić information content (AvgIpc) is 2.48. The van der Waals surface area contributed by atoms with Crippen LogP contribution in [-0.4, -0.2) is 41.7 Å². The molecular weight excluding hydrogens is 288 g/mol. The molecule has 0 aromatic heterocycles. The molecule has 1 rings (SSSR count). The van der Waals surface area contributed by atoms with Crippen LogP contribution in [0.4, 0.5) is 4.79 Å². The van der Waals surface area contributed by atoms with Crippen LogP contribution in [-0.2, 0) is 4.79 Å². The highest BCUT2D eigenvalue weighted by Crippen LogP contribution is 2.14. The van der Waals surface area contributed by atoms with Gasteiger partial charge < -0.3 is 15.7 Å². The monoisotopic (exact) mass is 306 g/mol. The number of nitrogens with one attached hydrogen (secondary N) is 2. The molecule has 0 spiro atoms. The van der Waals surface area contributed by atoms with E-state index in [0.717, 1.165) is 5.75 Å². The molecule has 1 atom stereocenters. The van der Waals surface area contributed by atoms with Gasteiger partial charge in [0.1, 0.15) is 0 Å². The zero-order valence-electron chi connectivity index (χ0n) is 11.5. The Balaban J connectivity index is 2.36. The molecular formula is C15H18N2O3S. The van der Waals surface area contributed by atoms with Gasteiger partial charge in [-0.2, -0.15) is 0 Å². The molecule has 0 bridgehead atoms. The van der Waals surface area contributed by atoms with Crippen LogP contribution >= 0.6 is 11.8 Å². The van der Waals surface area contributed by atoms with Crippen molar-refractivity contribution in [3.63, 3.8) is 0 Å². The lowest BCUT2D eigenvalue weighted by Gasteiger charge is -2.14. The maximum Gasteiger partial charge on any atom is 0.314 e. The van der Waals surface area contributed by atoms with E-state index in [2.05, 4.69) is 16.6 Å². The van der Waals surface area contributed by atoms with Gasteiger partial charge in [0.15, 0.2) is 0 Å². The predicted octanol–water partition coefficient (Wildman–Crippen LogP) is 1.52. The fourth-order valence-corrected chi connectivity index (χ4v) is 2.17. The summed E-state index contributed by atoms with van der Waals surface area (Å²) >= 11 is 1.55. The van der Waals surface area contributed by atoms with Gasteiger partial charge >= 0.3 is 12.0 Å². The van der Waals surface area contributed by atoms with E-state index in [1.54, 1.807) is 36.0 Å². The number of carboxylic acids is 1. The van der Waals surface area contributed by atoms with Crippen LogP contribution in [0.15, 0.2) is 30.3 Å². The summed E-state index contributed by atoms with van der Waals surface area (Å²) in [6, 6.07) is 8.45. The van der Waals surface area contributed by atoms with E-state index >= 15 is 0 Å². The van der Waals surface area contributed by atoms with Crippen LogP contribution in [0.5, 0.6) is 0 Å². The molecule has 5 nitrogen and oxygen atoms in total. The normalized spacial score (nSPS) is 11.2. The number of aliphatic carboxylic acids is 1. The summed E-state index contributed by atoms with van der Waals surface area (Å²) in [4.78, 5) is 22.8. The van der Waals surface area contributed by atoms with Crippen molar-refractivity contribution in [1.29, 1.82) is 0 Å². The lowest BCUT2D eigenvalue weighted by molar-refractivity contribution is -0.138. The van der Waals surface area contributed by atoms with Crippen molar-refractivity contribution in [3.8, 4) is 12.3 Å². The summed E-state index contributed by atoms with van der Waals surface area (Å²) in [7, 11) is 0. The fraction of sp³-hybridized carbons (Fsp3) is 0.333. The number of rotatable bonds is 8. The molecule has 0 aliphatic carbocycles. The third-order valence-electron chi connectivity index (χ3n) is 2.68. The Kier molecular flexibility index (Phi) is 7.84. The van der Waals surface area contributed by atoms with Crippen molar-refractivity contribution in [1.82, 2.24) is 10.6 Å². The van der Waals surface area contributed by atoms with Crippen molar-refractivity contribution in [2.24, 2.45) is 0 Å². The third kappa shape index (κ3) is 6.72. The Labute approximate surface area is 128 Å². The summed E-state index contributed by atoms with van der Waals surface area (Å²) in [5.74, 6) is 2.10. The van der Waals surface area contributed by atoms with Gasteiger partial charge in [-0.25, -0.2) is 4.79 Å². The van der Waals surface area contributed by atoms with E-state index in [0.29, 0.717) is 17.9 Å². The average molecular weight is 306 g/mol. The zero-order valence-corrected chi connectivity index (χ0v) is 12.4. The molecule has 2 amide bonds. The van der Waals surface area contributed by atoms with Crippen LogP contribution in [0.2, 0.25) is 0 Å². The minimum absolute atomic E-state index is 0.0443. The highest BCUT2D eigenvalue weighted by Gasteiger charge is 2.20. The Morgan fingerprint density at radius 3 is 2.62 bits per heavy atom. The first kappa shape index (κ1) is 16.9. The second-order valence-electron chi connectivity index (χ2n) is 4.20. The number of carboxylic acid groups (broad SMARTS) is 1. The summed E-state index contributed by atoms with van der Waals surface area (Å²) in [6.07, 6.45) is 5.11. The number of carbonyl (C=O) groups is 2. The Morgan fingerprint density at radius 2 is 2.00 bits per heavy atom. The standard InChI is InChI=1S/C15H18N2O3S/c1-2-9-21-10-8-16-15(20)17-11-13(14(18)19)12-6-4-3-5-7-12/h1,3-7,13H,8-11H2,(H,18,19)(H2,16,17,20). The number of benzene rings is 1. The number of thioether (sulfide) groups is 1. The van der Waals surface area contributed by atoms with Gasteiger partial charge in [-0.15, -0.1) is 18.2 Å². The molecule has 1 unspecified atom stereocenters. The molecule has 0 saturated heterocycles. The van der Waals surface area contributed by atoms with Crippen molar-refractivity contribution in [2.75, 3.05) is 24.6 Å². The SMILES string of the molecule is C#CCSCCNC(=O)NCC(C(=O)O)c1ccccc1. The van der Waals surface area contributed by atoms with Crippen LogP contribution < -0.4 is 10.6 Å². The molecule has 0 heterocycles. The first-order chi connectivity index (χ1) is 10.1. The molecule has 112 valence electrons. The van der Waals surface area contributed by atoms with Gasteiger partial charge in [-0.05, 0) is 5.56 Å². The topological polar surface area (TPSA) is 78.4 Å². The van der Waals surface area contributed by atoms with Crippen LogP contribution in [0.3, 0.4) is 0 Å². The summed E-state index contributed by atoms with van der Waals surface area (Å²) < 4.78 is 0. The van der Waals surface area contributed by atoms with Crippen LogP contribution in [0.1, 0.15) is 11.5 Å². The number of urea groups is 1. The van der Waals surface area contributed by atoms with Crippen LogP contribution in [0, 0.1) is 12.3 Å². The predicted molar refractivity (Wildman–Crippen MR) is 84.4 cm³/mol. The Bertz CT molecular complexity index is 499. The van der Waals surface area contributed by atoms with Gasteiger partial charge in [0, 0.05) is 18.8 Å². The smallest absolute Gasteiger partial charge is 0.314 e. The maximum absolute atomic E-state index is 11.6. The van der Waals surface area contributed by atoms with Gasteiger partial charge in [0.2, 0.25) is 0 Å². The number of carbonyl (C=O) groups excluding carboxylic acids is 1.